The van der Waals surface area contributed by atoms with E-state index < -0.39 is 5.91 Å². The molecule has 1 atom stereocenters. The molecule has 0 aromatic carbocycles. The molecule has 2 heterocycles. The largest absolute Gasteiger partial charge is 0.365 e. The molecule has 0 spiro atoms. The van der Waals surface area contributed by atoms with E-state index in [4.69, 9.17) is 5.73 Å². The summed E-state index contributed by atoms with van der Waals surface area (Å²) in [7, 11) is 1.89. The third-order valence-electron chi connectivity index (χ3n) is 4.58. The number of nitrogens with zero attached hydrogens (tertiary/aromatic N) is 3. The van der Waals surface area contributed by atoms with E-state index in [0.29, 0.717) is 21.6 Å². The minimum Gasteiger partial charge on any atom is -0.365 e. The van der Waals surface area contributed by atoms with Crippen LogP contribution in [0.2, 0.25) is 0 Å². The zero-order valence-corrected chi connectivity index (χ0v) is 16.8. The summed E-state index contributed by atoms with van der Waals surface area (Å²) in [6.45, 7) is 4.21. The number of fused-ring (bicyclic) bond motifs is 1. The van der Waals surface area contributed by atoms with Crippen LogP contribution in [0.3, 0.4) is 0 Å². The highest BCUT2D eigenvalue weighted by Crippen LogP contribution is 2.39. The van der Waals surface area contributed by atoms with Crippen molar-refractivity contribution < 1.29 is 9.59 Å². The summed E-state index contributed by atoms with van der Waals surface area (Å²) < 4.78 is 1.89. The van der Waals surface area contributed by atoms with Crippen LogP contribution in [0, 0.1) is 5.92 Å². The molecule has 0 saturated heterocycles. The number of nitrogens with one attached hydrogen (secondary N) is 1. The van der Waals surface area contributed by atoms with Crippen LogP contribution >= 0.6 is 23.1 Å². The first-order chi connectivity index (χ1) is 12.4. The fraction of sp³-hybridized carbons (Fsp3) is 0.529. The van der Waals surface area contributed by atoms with Gasteiger partial charge >= 0.3 is 0 Å². The van der Waals surface area contributed by atoms with Gasteiger partial charge in [0.25, 0.3) is 5.91 Å². The van der Waals surface area contributed by atoms with Gasteiger partial charge in [-0.15, -0.1) is 21.5 Å². The smallest absolute Gasteiger partial charge is 0.251 e. The molecule has 3 rings (SSSR count). The number of primary amides is 1. The number of aryl methyl sites for hydroxylation is 1. The highest BCUT2D eigenvalue weighted by Gasteiger charge is 2.27. The molecule has 2 aromatic heterocycles. The van der Waals surface area contributed by atoms with Crippen molar-refractivity contribution in [2.24, 2.45) is 18.7 Å². The van der Waals surface area contributed by atoms with Crippen LogP contribution in [0.5, 0.6) is 0 Å². The van der Waals surface area contributed by atoms with Crippen molar-refractivity contribution in [3.8, 4) is 0 Å². The molecule has 0 radical (unpaired) electrons. The van der Waals surface area contributed by atoms with E-state index in [2.05, 4.69) is 22.4 Å². The third kappa shape index (κ3) is 3.78. The number of carbonyl (C=O) groups is 2. The second-order valence-electron chi connectivity index (χ2n) is 6.57. The van der Waals surface area contributed by atoms with E-state index in [0.717, 1.165) is 37.1 Å². The number of anilines is 1. The predicted octanol–water partition coefficient (Wildman–Crippen LogP) is 2.39. The average Bonchev–Trinajstić information content (AvgIpc) is 3.12. The van der Waals surface area contributed by atoms with E-state index in [9.17, 15) is 9.59 Å². The van der Waals surface area contributed by atoms with E-state index in [1.807, 2.05) is 18.5 Å². The maximum absolute atomic E-state index is 12.4. The summed E-state index contributed by atoms with van der Waals surface area (Å²) in [6, 6.07) is 0. The molecule has 0 saturated carbocycles. The molecule has 1 aliphatic carbocycles. The fourth-order valence-electron chi connectivity index (χ4n) is 3.17. The first-order valence-electron chi connectivity index (χ1n) is 8.65. The third-order valence-corrected chi connectivity index (χ3v) is 6.77. The lowest BCUT2D eigenvalue weighted by molar-refractivity contribution is -0.113. The Morgan fingerprint density at radius 1 is 1.42 bits per heavy atom. The molecule has 7 nitrogen and oxygen atoms in total. The number of thiophene rings is 1. The van der Waals surface area contributed by atoms with Gasteiger partial charge < -0.3 is 15.6 Å². The van der Waals surface area contributed by atoms with Gasteiger partial charge in [0.1, 0.15) is 10.8 Å². The van der Waals surface area contributed by atoms with Crippen molar-refractivity contribution in [2.45, 2.75) is 44.7 Å². The summed E-state index contributed by atoms with van der Waals surface area (Å²) in [6.07, 6.45) is 3.61. The summed E-state index contributed by atoms with van der Waals surface area (Å²) in [5.41, 5.74) is 7.09. The Morgan fingerprint density at radius 3 is 2.85 bits per heavy atom. The molecule has 0 bridgehead atoms. The monoisotopic (exact) mass is 393 g/mol. The first-order valence-corrected chi connectivity index (χ1v) is 10.5. The lowest BCUT2D eigenvalue weighted by Gasteiger charge is -2.18. The molecule has 2 aromatic rings. The van der Waals surface area contributed by atoms with Crippen molar-refractivity contribution >= 4 is 39.9 Å². The van der Waals surface area contributed by atoms with Crippen molar-refractivity contribution in [1.29, 1.82) is 0 Å². The van der Waals surface area contributed by atoms with Gasteiger partial charge in [-0.3, -0.25) is 9.59 Å². The van der Waals surface area contributed by atoms with Crippen LogP contribution in [-0.4, -0.2) is 32.3 Å². The van der Waals surface area contributed by atoms with Crippen LogP contribution < -0.4 is 11.1 Å². The van der Waals surface area contributed by atoms with Gasteiger partial charge in [0.15, 0.2) is 5.16 Å². The summed E-state index contributed by atoms with van der Waals surface area (Å²) in [5, 5.41) is 12.3. The van der Waals surface area contributed by atoms with Gasteiger partial charge in [-0.25, -0.2) is 0 Å². The Morgan fingerprint density at radius 2 is 2.19 bits per heavy atom. The molecule has 0 aliphatic heterocycles. The van der Waals surface area contributed by atoms with Gasteiger partial charge in [-0.05, 0) is 30.7 Å². The number of aromatic nitrogens is 3. The highest BCUT2D eigenvalue weighted by atomic mass is 32.2. The Labute approximate surface area is 160 Å². The van der Waals surface area contributed by atoms with E-state index in [1.165, 1.54) is 28.0 Å². The molecule has 2 amide bonds. The van der Waals surface area contributed by atoms with Gasteiger partial charge in [0.05, 0.1) is 11.3 Å². The minimum absolute atomic E-state index is 0.176. The normalized spacial score (nSPS) is 16.3. The van der Waals surface area contributed by atoms with E-state index >= 15 is 0 Å². The Hall–Kier alpha value is -1.87. The van der Waals surface area contributed by atoms with Gasteiger partial charge in [-0.1, -0.05) is 25.6 Å². The summed E-state index contributed by atoms with van der Waals surface area (Å²) in [5.74, 6) is 1.02. The zero-order valence-electron chi connectivity index (χ0n) is 15.2. The van der Waals surface area contributed by atoms with Crippen molar-refractivity contribution in [3.05, 3.63) is 21.8 Å². The van der Waals surface area contributed by atoms with Gasteiger partial charge in [0.2, 0.25) is 5.91 Å². The highest BCUT2D eigenvalue weighted by molar-refractivity contribution is 7.99. The van der Waals surface area contributed by atoms with Crippen LogP contribution in [0.15, 0.2) is 5.16 Å². The Bertz CT molecular complexity index is 843. The lowest BCUT2D eigenvalue weighted by atomic mass is 9.88. The van der Waals surface area contributed by atoms with Gasteiger partial charge in [0, 0.05) is 18.3 Å². The van der Waals surface area contributed by atoms with Crippen LogP contribution in [-0.2, 0) is 31.1 Å². The van der Waals surface area contributed by atoms with Crippen LogP contribution in [0.25, 0.3) is 0 Å². The maximum atomic E-state index is 12.4. The van der Waals surface area contributed by atoms with Crippen LogP contribution in [0.4, 0.5) is 5.00 Å². The standard InChI is InChI=1S/C17H23N5O2S2/c1-4-12-20-21-17(22(12)3)25-8-13(23)19-16-14(15(18)24)10-6-5-9(2)7-11(10)26-16/h9H,4-8H2,1-3H3,(H2,18,24)(H,19,23). The van der Waals surface area contributed by atoms with E-state index in [1.54, 1.807) is 0 Å². The van der Waals surface area contributed by atoms with Crippen molar-refractivity contribution in [3.63, 3.8) is 0 Å². The molecule has 1 aliphatic rings. The number of carbonyl (C=O) groups excluding carboxylic acids is 2. The molecule has 9 heteroatoms. The number of hydrogen-bond acceptors (Lipinski definition) is 6. The van der Waals surface area contributed by atoms with Crippen LogP contribution in [0.1, 0.15) is 46.9 Å². The topological polar surface area (TPSA) is 103 Å². The zero-order chi connectivity index (χ0) is 18.8. The molecular weight excluding hydrogens is 370 g/mol. The van der Waals surface area contributed by atoms with Crippen molar-refractivity contribution in [2.75, 3.05) is 11.1 Å². The molecule has 1 unspecified atom stereocenters. The average molecular weight is 394 g/mol. The van der Waals surface area contributed by atoms with Gasteiger partial charge in [-0.2, -0.15) is 0 Å². The summed E-state index contributed by atoms with van der Waals surface area (Å²) in [4.78, 5) is 25.5. The molecule has 0 fully saturated rings. The quantitative estimate of drug-likeness (QED) is 0.734. The molecular formula is C17H23N5O2S2. The van der Waals surface area contributed by atoms with Crippen molar-refractivity contribution in [1.82, 2.24) is 14.8 Å². The second kappa shape index (κ2) is 7.79. The summed E-state index contributed by atoms with van der Waals surface area (Å²) >= 11 is 2.81. The second-order valence-corrected chi connectivity index (χ2v) is 8.62. The fourth-order valence-corrected chi connectivity index (χ4v) is 5.33. The predicted molar refractivity (Wildman–Crippen MR) is 104 cm³/mol. The molecule has 140 valence electrons. The Kier molecular flexibility index (Phi) is 5.67. The van der Waals surface area contributed by atoms with E-state index in [-0.39, 0.29) is 11.7 Å². The molecule has 26 heavy (non-hydrogen) atoms. The number of hydrogen-bond donors (Lipinski definition) is 2. The lowest BCUT2D eigenvalue weighted by Crippen LogP contribution is -2.20. The minimum atomic E-state index is -0.471. The first kappa shape index (κ1) is 18.9. The maximum Gasteiger partial charge on any atom is 0.251 e. The number of amides is 2. The number of rotatable bonds is 6. The Balaban J connectivity index is 1.71. The number of thioether (sulfide) groups is 1. The molecule has 3 N–H and O–H groups in total. The number of nitrogens with two attached hydrogens (primary N) is 1. The SMILES string of the molecule is CCc1nnc(SCC(=O)Nc2sc3c(c2C(N)=O)CCC(C)C3)n1C.